The first-order valence-electron chi connectivity index (χ1n) is 5.90. The number of rotatable bonds is 5. The zero-order chi connectivity index (χ0) is 13.8. The monoisotopic (exact) mass is 263 g/mol. The number of hydrogen-bond donors (Lipinski definition) is 1. The van der Waals surface area contributed by atoms with E-state index in [0.29, 0.717) is 12.0 Å². The standard InChI is InChI=1S/C13H17F4N/c1-3-12(10-6-4-5-7-11(10)14)18-9(2)8-13(15,16)17/h4-7,9,12,18H,3,8H2,1-2H3. The molecule has 2 atom stereocenters. The van der Waals surface area contributed by atoms with Gasteiger partial charge in [-0.1, -0.05) is 25.1 Å². The molecule has 0 heterocycles. The number of benzene rings is 1. The number of hydrogen-bond acceptors (Lipinski definition) is 1. The van der Waals surface area contributed by atoms with Gasteiger partial charge in [-0.3, -0.25) is 0 Å². The molecule has 0 aromatic heterocycles. The van der Waals surface area contributed by atoms with Crippen LogP contribution in [-0.4, -0.2) is 12.2 Å². The second kappa shape index (κ2) is 6.18. The highest BCUT2D eigenvalue weighted by Gasteiger charge is 2.30. The molecule has 0 aliphatic heterocycles. The molecule has 1 nitrogen and oxygen atoms in total. The second-order valence-electron chi connectivity index (χ2n) is 4.37. The van der Waals surface area contributed by atoms with Gasteiger partial charge in [0.05, 0.1) is 6.42 Å². The molecule has 0 bridgehead atoms. The highest BCUT2D eigenvalue weighted by atomic mass is 19.4. The summed E-state index contributed by atoms with van der Waals surface area (Å²) in [6.45, 7) is 3.27. The Hall–Kier alpha value is -1.10. The van der Waals surface area contributed by atoms with Crippen molar-refractivity contribution in [3.05, 3.63) is 35.6 Å². The smallest absolute Gasteiger partial charge is 0.307 e. The molecular weight excluding hydrogens is 246 g/mol. The minimum Gasteiger partial charge on any atom is -0.307 e. The molecule has 1 aromatic rings. The summed E-state index contributed by atoms with van der Waals surface area (Å²) < 4.78 is 50.2. The van der Waals surface area contributed by atoms with Crippen LogP contribution in [0.5, 0.6) is 0 Å². The van der Waals surface area contributed by atoms with E-state index in [1.165, 1.54) is 13.0 Å². The number of nitrogens with one attached hydrogen (secondary N) is 1. The normalized spacial score (nSPS) is 15.4. The van der Waals surface area contributed by atoms with Gasteiger partial charge in [0.25, 0.3) is 0 Å². The van der Waals surface area contributed by atoms with E-state index in [1.54, 1.807) is 18.2 Å². The largest absolute Gasteiger partial charge is 0.390 e. The predicted octanol–water partition coefficient (Wildman–Crippen LogP) is 4.21. The fourth-order valence-corrected chi connectivity index (χ4v) is 1.93. The van der Waals surface area contributed by atoms with Gasteiger partial charge in [-0.05, 0) is 19.4 Å². The summed E-state index contributed by atoms with van der Waals surface area (Å²) in [7, 11) is 0. The molecule has 18 heavy (non-hydrogen) atoms. The highest BCUT2D eigenvalue weighted by molar-refractivity contribution is 5.21. The summed E-state index contributed by atoms with van der Waals surface area (Å²) in [5.41, 5.74) is 0.411. The van der Waals surface area contributed by atoms with Crippen LogP contribution >= 0.6 is 0 Å². The molecule has 0 saturated carbocycles. The molecule has 0 amide bonds. The topological polar surface area (TPSA) is 12.0 Å². The Morgan fingerprint density at radius 3 is 2.33 bits per heavy atom. The summed E-state index contributed by atoms with van der Waals surface area (Å²) in [4.78, 5) is 0. The van der Waals surface area contributed by atoms with E-state index in [4.69, 9.17) is 0 Å². The summed E-state index contributed by atoms with van der Waals surface area (Å²) in [5.74, 6) is -0.393. The molecule has 0 aliphatic rings. The van der Waals surface area contributed by atoms with Crippen LogP contribution in [0.3, 0.4) is 0 Å². The van der Waals surface area contributed by atoms with Gasteiger partial charge in [0.1, 0.15) is 5.82 Å². The van der Waals surface area contributed by atoms with Crippen molar-refractivity contribution in [3.8, 4) is 0 Å². The van der Waals surface area contributed by atoms with Crippen LogP contribution in [0.25, 0.3) is 0 Å². The molecule has 2 unspecified atom stereocenters. The molecule has 102 valence electrons. The maximum Gasteiger partial charge on any atom is 0.390 e. The highest BCUT2D eigenvalue weighted by Crippen LogP contribution is 2.25. The van der Waals surface area contributed by atoms with Crippen molar-refractivity contribution >= 4 is 0 Å². The molecule has 0 spiro atoms. The first-order chi connectivity index (χ1) is 8.33. The Balaban J connectivity index is 2.71. The molecule has 0 fully saturated rings. The first-order valence-corrected chi connectivity index (χ1v) is 5.90. The van der Waals surface area contributed by atoms with Crippen LogP contribution in [-0.2, 0) is 0 Å². The van der Waals surface area contributed by atoms with Gasteiger partial charge in [0.15, 0.2) is 0 Å². The van der Waals surface area contributed by atoms with Gasteiger partial charge in [-0.25, -0.2) is 4.39 Å². The van der Waals surface area contributed by atoms with Crippen LogP contribution in [0.2, 0.25) is 0 Å². The van der Waals surface area contributed by atoms with E-state index in [2.05, 4.69) is 5.32 Å². The van der Waals surface area contributed by atoms with Crippen molar-refractivity contribution in [2.45, 2.75) is 44.9 Å². The Bertz CT molecular complexity index is 375. The predicted molar refractivity (Wildman–Crippen MR) is 62.7 cm³/mol. The van der Waals surface area contributed by atoms with Crippen molar-refractivity contribution in [3.63, 3.8) is 0 Å². The van der Waals surface area contributed by atoms with Gasteiger partial charge in [-0.2, -0.15) is 13.2 Å². The molecule has 0 aliphatic carbocycles. The summed E-state index contributed by atoms with van der Waals surface area (Å²) in [6.07, 6.45) is -4.60. The van der Waals surface area contributed by atoms with Crippen LogP contribution in [0, 0.1) is 5.82 Å². The lowest BCUT2D eigenvalue weighted by molar-refractivity contribution is -0.139. The van der Waals surface area contributed by atoms with Crippen LogP contribution < -0.4 is 5.32 Å². The lowest BCUT2D eigenvalue weighted by Crippen LogP contribution is -2.34. The van der Waals surface area contributed by atoms with Crippen LogP contribution in [0.1, 0.15) is 38.3 Å². The Morgan fingerprint density at radius 2 is 1.83 bits per heavy atom. The van der Waals surface area contributed by atoms with E-state index in [9.17, 15) is 17.6 Å². The molecule has 0 radical (unpaired) electrons. The fraction of sp³-hybridized carbons (Fsp3) is 0.538. The first kappa shape index (κ1) is 15.0. The van der Waals surface area contributed by atoms with Crippen molar-refractivity contribution in [2.75, 3.05) is 0 Å². The number of alkyl halides is 3. The Kier molecular flexibility index (Phi) is 5.14. The zero-order valence-corrected chi connectivity index (χ0v) is 10.4. The average Bonchev–Trinajstić information content (AvgIpc) is 2.24. The van der Waals surface area contributed by atoms with Gasteiger partial charge in [-0.15, -0.1) is 0 Å². The summed E-state index contributed by atoms with van der Waals surface area (Å²) in [5, 5.41) is 2.82. The van der Waals surface area contributed by atoms with E-state index >= 15 is 0 Å². The minimum absolute atomic E-state index is 0.393. The maximum absolute atomic E-state index is 13.6. The summed E-state index contributed by atoms with van der Waals surface area (Å²) in [6, 6.07) is 5.00. The molecule has 0 saturated heterocycles. The second-order valence-corrected chi connectivity index (χ2v) is 4.37. The Morgan fingerprint density at radius 1 is 1.22 bits per heavy atom. The maximum atomic E-state index is 13.6. The molecule has 5 heteroatoms. The van der Waals surface area contributed by atoms with Gasteiger partial charge >= 0.3 is 6.18 Å². The van der Waals surface area contributed by atoms with Crippen LogP contribution in [0.4, 0.5) is 17.6 Å². The quantitative estimate of drug-likeness (QED) is 0.785. The van der Waals surface area contributed by atoms with Crippen molar-refractivity contribution in [1.29, 1.82) is 0 Å². The van der Waals surface area contributed by atoms with Crippen LogP contribution in [0.15, 0.2) is 24.3 Å². The molecule has 1 rings (SSSR count). The Labute approximate surface area is 104 Å². The SMILES string of the molecule is CCC(NC(C)CC(F)(F)F)c1ccccc1F. The average molecular weight is 263 g/mol. The van der Waals surface area contributed by atoms with E-state index < -0.39 is 30.5 Å². The summed E-state index contributed by atoms with van der Waals surface area (Å²) >= 11 is 0. The van der Waals surface area contributed by atoms with Gasteiger partial charge in [0, 0.05) is 17.6 Å². The van der Waals surface area contributed by atoms with Crippen molar-refractivity contribution in [1.82, 2.24) is 5.32 Å². The lowest BCUT2D eigenvalue weighted by atomic mass is 10.0. The third-order valence-electron chi connectivity index (χ3n) is 2.71. The molecular formula is C13H17F4N. The molecule has 1 aromatic carbocycles. The van der Waals surface area contributed by atoms with E-state index in [1.807, 2.05) is 6.92 Å². The van der Waals surface area contributed by atoms with E-state index in [0.717, 1.165) is 0 Å². The zero-order valence-electron chi connectivity index (χ0n) is 10.4. The molecule has 1 N–H and O–H groups in total. The fourth-order valence-electron chi connectivity index (χ4n) is 1.93. The lowest BCUT2D eigenvalue weighted by Gasteiger charge is -2.23. The number of halogens is 4. The van der Waals surface area contributed by atoms with Crippen molar-refractivity contribution in [2.24, 2.45) is 0 Å². The third kappa shape index (κ3) is 4.64. The third-order valence-corrected chi connectivity index (χ3v) is 2.71. The van der Waals surface area contributed by atoms with E-state index in [-0.39, 0.29) is 0 Å². The van der Waals surface area contributed by atoms with Crippen molar-refractivity contribution < 1.29 is 17.6 Å². The minimum atomic E-state index is -4.21. The van der Waals surface area contributed by atoms with Gasteiger partial charge < -0.3 is 5.32 Å². The van der Waals surface area contributed by atoms with Gasteiger partial charge in [0.2, 0.25) is 0 Å².